The second-order valence-electron chi connectivity index (χ2n) is 8.35. The molecule has 2 amide bonds. The SMILES string of the molecule is NC(=O)[C@@H](NC(=O)c1c2ccccc2cc2ccccc12)C(c1ccccc1)c1ccccc1. The molecular weight excluding hydrogens is 420 g/mol. The zero-order valence-corrected chi connectivity index (χ0v) is 18.5. The molecule has 0 heterocycles. The van der Waals surface area contributed by atoms with Crippen molar-refractivity contribution < 1.29 is 9.59 Å². The van der Waals surface area contributed by atoms with Gasteiger partial charge in [0, 0.05) is 5.92 Å². The van der Waals surface area contributed by atoms with Gasteiger partial charge in [0.2, 0.25) is 5.91 Å². The van der Waals surface area contributed by atoms with Gasteiger partial charge < -0.3 is 11.1 Å². The highest BCUT2D eigenvalue weighted by Gasteiger charge is 2.32. The number of hydrogen-bond donors (Lipinski definition) is 2. The highest BCUT2D eigenvalue weighted by atomic mass is 16.2. The lowest BCUT2D eigenvalue weighted by Gasteiger charge is -2.27. The molecule has 5 aromatic carbocycles. The molecule has 166 valence electrons. The number of hydrogen-bond acceptors (Lipinski definition) is 2. The van der Waals surface area contributed by atoms with Crippen LogP contribution in [0.25, 0.3) is 21.5 Å². The van der Waals surface area contributed by atoms with Gasteiger partial charge in [0.05, 0.1) is 5.56 Å². The van der Waals surface area contributed by atoms with Crippen molar-refractivity contribution in [3.63, 3.8) is 0 Å². The second kappa shape index (κ2) is 9.20. The van der Waals surface area contributed by atoms with Crippen LogP contribution in [0, 0.1) is 0 Å². The normalized spacial score (nSPS) is 12.0. The lowest BCUT2D eigenvalue weighted by molar-refractivity contribution is -0.120. The minimum Gasteiger partial charge on any atom is -0.368 e. The first-order chi connectivity index (χ1) is 16.6. The smallest absolute Gasteiger partial charge is 0.253 e. The summed E-state index contributed by atoms with van der Waals surface area (Å²) in [7, 11) is 0. The number of fused-ring (bicyclic) bond motifs is 2. The number of amides is 2. The Kier molecular flexibility index (Phi) is 5.79. The molecule has 0 aliphatic rings. The topological polar surface area (TPSA) is 72.2 Å². The number of benzene rings is 5. The zero-order valence-electron chi connectivity index (χ0n) is 18.5. The predicted octanol–water partition coefficient (Wildman–Crippen LogP) is 5.41. The van der Waals surface area contributed by atoms with Crippen molar-refractivity contribution >= 4 is 33.4 Å². The Morgan fingerprint density at radius 2 is 1.06 bits per heavy atom. The van der Waals surface area contributed by atoms with Gasteiger partial charge in [-0.25, -0.2) is 0 Å². The molecule has 4 heteroatoms. The molecule has 1 atom stereocenters. The Hall–Kier alpha value is -4.44. The molecule has 0 spiro atoms. The Morgan fingerprint density at radius 1 is 0.618 bits per heavy atom. The van der Waals surface area contributed by atoms with E-state index >= 15 is 0 Å². The van der Waals surface area contributed by atoms with Crippen molar-refractivity contribution in [2.75, 3.05) is 0 Å². The summed E-state index contributed by atoms with van der Waals surface area (Å²) in [4.78, 5) is 26.6. The molecule has 0 radical (unpaired) electrons. The van der Waals surface area contributed by atoms with E-state index in [-0.39, 0.29) is 5.91 Å². The average molecular weight is 445 g/mol. The minimum atomic E-state index is -0.935. The molecule has 0 aliphatic heterocycles. The predicted molar refractivity (Wildman–Crippen MR) is 137 cm³/mol. The standard InChI is InChI=1S/C30H24N2O2/c31-29(33)28(26(20-11-3-1-4-12-20)21-13-5-2-6-14-21)32-30(34)27-24-17-9-7-15-22(24)19-23-16-8-10-18-25(23)27/h1-19,26,28H,(H2,31,33)(H,32,34)/t28-/m0/s1. The number of primary amides is 1. The van der Waals surface area contributed by atoms with Gasteiger partial charge >= 0.3 is 0 Å². The van der Waals surface area contributed by atoms with Gasteiger partial charge in [-0.2, -0.15) is 0 Å². The van der Waals surface area contributed by atoms with E-state index in [1.54, 1.807) is 0 Å². The Morgan fingerprint density at radius 3 is 1.53 bits per heavy atom. The summed E-state index contributed by atoms with van der Waals surface area (Å²) in [6, 6.07) is 36.0. The molecule has 0 aliphatic carbocycles. The second-order valence-corrected chi connectivity index (χ2v) is 8.35. The van der Waals surface area contributed by atoms with Crippen LogP contribution in [0.3, 0.4) is 0 Å². The molecule has 5 aromatic rings. The highest BCUT2D eigenvalue weighted by molar-refractivity contribution is 6.18. The first-order valence-electron chi connectivity index (χ1n) is 11.2. The number of nitrogens with one attached hydrogen (secondary N) is 1. The van der Waals surface area contributed by atoms with Crippen molar-refractivity contribution in [1.29, 1.82) is 0 Å². The summed E-state index contributed by atoms with van der Waals surface area (Å²) in [6.07, 6.45) is 0. The van der Waals surface area contributed by atoms with E-state index in [2.05, 4.69) is 11.4 Å². The fourth-order valence-corrected chi connectivity index (χ4v) is 4.69. The van der Waals surface area contributed by atoms with Crippen molar-refractivity contribution in [3.8, 4) is 0 Å². The fraction of sp³-hybridized carbons (Fsp3) is 0.0667. The van der Waals surface area contributed by atoms with Crippen LogP contribution in [-0.2, 0) is 4.79 Å². The molecule has 0 fully saturated rings. The molecule has 3 N–H and O–H groups in total. The average Bonchev–Trinajstić information content (AvgIpc) is 2.88. The van der Waals surface area contributed by atoms with Gasteiger partial charge in [-0.15, -0.1) is 0 Å². The van der Waals surface area contributed by atoms with E-state index in [4.69, 9.17) is 5.73 Å². The van der Waals surface area contributed by atoms with E-state index in [1.807, 2.05) is 109 Å². The van der Waals surface area contributed by atoms with Crippen LogP contribution < -0.4 is 11.1 Å². The molecule has 0 saturated carbocycles. The fourth-order valence-electron chi connectivity index (χ4n) is 4.69. The molecule has 0 bridgehead atoms. The molecule has 0 saturated heterocycles. The maximum Gasteiger partial charge on any atom is 0.253 e. The van der Waals surface area contributed by atoms with Crippen molar-refractivity contribution in [2.45, 2.75) is 12.0 Å². The largest absolute Gasteiger partial charge is 0.368 e. The van der Waals surface area contributed by atoms with Gasteiger partial charge in [-0.05, 0) is 38.7 Å². The quantitative estimate of drug-likeness (QED) is 0.344. The summed E-state index contributed by atoms with van der Waals surface area (Å²) in [6.45, 7) is 0. The third-order valence-corrected chi connectivity index (χ3v) is 6.24. The van der Waals surface area contributed by atoms with E-state index in [0.29, 0.717) is 5.56 Å². The summed E-state index contributed by atoms with van der Waals surface area (Å²) in [5.41, 5.74) is 8.26. The first-order valence-corrected chi connectivity index (χ1v) is 11.2. The van der Waals surface area contributed by atoms with Gasteiger partial charge in [-0.1, -0.05) is 109 Å². The van der Waals surface area contributed by atoms with Crippen molar-refractivity contribution in [1.82, 2.24) is 5.32 Å². The molecule has 5 rings (SSSR count). The van der Waals surface area contributed by atoms with Crippen LogP contribution in [0.5, 0.6) is 0 Å². The first kappa shape index (κ1) is 21.4. The van der Waals surface area contributed by atoms with Crippen LogP contribution in [0.1, 0.15) is 27.4 Å². The summed E-state index contributed by atoms with van der Waals surface area (Å²) in [5.74, 6) is -1.34. The van der Waals surface area contributed by atoms with Crippen LogP contribution in [0.4, 0.5) is 0 Å². The zero-order chi connectivity index (χ0) is 23.5. The summed E-state index contributed by atoms with van der Waals surface area (Å²) in [5, 5.41) is 6.59. The molecule has 34 heavy (non-hydrogen) atoms. The Labute approximate surface area is 198 Å². The number of carbonyl (C=O) groups excluding carboxylic acids is 2. The summed E-state index contributed by atoms with van der Waals surface area (Å²) < 4.78 is 0. The molecule has 4 nitrogen and oxygen atoms in total. The van der Waals surface area contributed by atoms with E-state index in [9.17, 15) is 9.59 Å². The maximum absolute atomic E-state index is 13.8. The van der Waals surface area contributed by atoms with Crippen molar-refractivity contribution in [3.05, 3.63) is 132 Å². The Bertz CT molecular complexity index is 1390. The third kappa shape index (κ3) is 4.02. The lowest BCUT2D eigenvalue weighted by atomic mass is 9.84. The van der Waals surface area contributed by atoms with Crippen LogP contribution in [0.15, 0.2) is 115 Å². The lowest BCUT2D eigenvalue weighted by Crippen LogP contribution is -2.48. The van der Waals surface area contributed by atoms with Crippen LogP contribution in [0.2, 0.25) is 0 Å². The van der Waals surface area contributed by atoms with Gasteiger partial charge in [0.25, 0.3) is 5.91 Å². The van der Waals surface area contributed by atoms with E-state index < -0.39 is 17.9 Å². The highest BCUT2D eigenvalue weighted by Crippen LogP contribution is 2.31. The summed E-state index contributed by atoms with van der Waals surface area (Å²) >= 11 is 0. The van der Waals surface area contributed by atoms with Crippen LogP contribution in [-0.4, -0.2) is 17.9 Å². The molecule has 0 unspecified atom stereocenters. The molecule has 0 aromatic heterocycles. The molecular formula is C30H24N2O2. The number of carbonyl (C=O) groups is 2. The van der Waals surface area contributed by atoms with Gasteiger partial charge in [-0.3, -0.25) is 9.59 Å². The monoisotopic (exact) mass is 444 g/mol. The third-order valence-electron chi connectivity index (χ3n) is 6.24. The van der Waals surface area contributed by atoms with Gasteiger partial charge in [0.1, 0.15) is 6.04 Å². The number of rotatable bonds is 6. The van der Waals surface area contributed by atoms with Crippen molar-refractivity contribution in [2.24, 2.45) is 5.73 Å². The van der Waals surface area contributed by atoms with E-state index in [1.165, 1.54) is 0 Å². The van der Waals surface area contributed by atoms with E-state index in [0.717, 1.165) is 32.7 Å². The van der Waals surface area contributed by atoms with Crippen LogP contribution >= 0.6 is 0 Å². The Balaban J connectivity index is 1.63. The number of nitrogens with two attached hydrogens (primary N) is 1. The minimum absolute atomic E-state index is 0.325. The maximum atomic E-state index is 13.8. The van der Waals surface area contributed by atoms with Gasteiger partial charge in [0.15, 0.2) is 0 Å².